The average Bonchev–Trinajstić information content (AvgIpc) is 2.93. The van der Waals surface area contributed by atoms with Crippen molar-refractivity contribution in [2.24, 2.45) is 11.8 Å². The molecule has 1 atom stereocenters. The van der Waals surface area contributed by atoms with Gasteiger partial charge in [0.05, 0.1) is 12.3 Å². The zero-order valence-electron chi connectivity index (χ0n) is 13.1. The van der Waals surface area contributed by atoms with Crippen LogP contribution < -0.4 is 0 Å². The van der Waals surface area contributed by atoms with Crippen LogP contribution >= 0.6 is 0 Å². The summed E-state index contributed by atoms with van der Waals surface area (Å²) in [6, 6.07) is 0. The molecule has 1 aromatic rings. The van der Waals surface area contributed by atoms with E-state index in [9.17, 15) is 5.11 Å². The fourth-order valence-electron chi connectivity index (χ4n) is 3.45. The molecule has 20 heavy (non-hydrogen) atoms. The van der Waals surface area contributed by atoms with Crippen molar-refractivity contribution in [2.45, 2.75) is 77.9 Å². The summed E-state index contributed by atoms with van der Waals surface area (Å²) in [7, 11) is 0. The molecule has 3 heteroatoms. The van der Waals surface area contributed by atoms with Crippen LogP contribution in [-0.4, -0.2) is 21.0 Å². The van der Waals surface area contributed by atoms with Crippen molar-refractivity contribution >= 4 is 0 Å². The van der Waals surface area contributed by atoms with Crippen molar-refractivity contribution in [2.75, 3.05) is 0 Å². The number of aliphatic hydroxyl groups excluding tert-OH is 1. The van der Waals surface area contributed by atoms with Gasteiger partial charge in [-0.1, -0.05) is 39.0 Å². The molecule has 1 saturated carbocycles. The molecular formula is C17H30N2O. The van der Waals surface area contributed by atoms with E-state index >= 15 is 0 Å². The van der Waals surface area contributed by atoms with Crippen molar-refractivity contribution in [3.63, 3.8) is 0 Å². The molecule has 0 spiro atoms. The minimum atomic E-state index is -0.184. The normalized spacial score (nSPS) is 24.8. The van der Waals surface area contributed by atoms with Gasteiger partial charge in [-0.3, -0.25) is 4.68 Å². The van der Waals surface area contributed by atoms with E-state index in [4.69, 9.17) is 0 Å². The average molecular weight is 278 g/mol. The maximum atomic E-state index is 10.4. The fourth-order valence-corrected chi connectivity index (χ4v) is 3.45. The molecule has 1 heterocycles. The Morgan fingerprint density at radius 3 is 2.65 bits per heavy atom. The first-order chi connectivity index (χ1) is 9.72. The van der Waals surface area contributed by atoms with E-state index in [1.54, 1.807) is 0 Å². The van der Waals surface area contributed by atoms with Crippen molar-refractivity contribution in [1.82, 2.24) is 9.78 Å². The second-order valence-electron chi connectivity index (χ2n) is 6.40. The summed E-state index contributed by atoms with van der Waals surface area (Å²) in [4.78, 5) is 0. The van der Waals surface area contributed by atoms with Gasteiger partial charge < -0.3 is 5.11 Å². The van der Waals surface area contributed by atoms with Crippen molar-refractivity contribution in [1.29, 1.82) is 0 Å². The van der Waals surface area contributed by atoms with Gasteiger partial charge in [0.15, 0.2) is 0 Å². The summed E-state index contributed by atoms with van der Waals surface area (Å²) >= 11 is 0. The van der Waals surface area contributed by atoms with Gasteiger partial charge in [-0.15, -0.1) is 0 Å². The van der Waals surface area contributed by atoms with E-state index < -0.39 is 0 Å². The summed E-state index contributed by atoms with van der Waals surface area (Å²) in [6.45, 7) is 5.26. The molecule has 2 rings (SSSR count). The highest BCUT2D eigenvalue weighted by Gasteiger charge is 2.26. The maximum absolute atomic E-state index is 10.4. The van der Waals surface area contributed by atoms with Gasteiger partial charge in [-0.25, -0.2) is 0 Å². The lowest BCUT2D eigenvalue weighted by Gasteiger charge is -2.31. The topological polar surface area (TPSA) is 38.1 Å². The smallest absolute Gasteiger partial charge is 0.0609 e. The van der Waals surface area contributed by atoms with Crippen LogP contribution in [0.5, 0.6) is 0 Å². The van der Waals surface area contributed by atoms with Crippen LogP contribution in [0.25, 0.3) is 0 Å². The SMILES string of the molecule is CCCCC1CCC(C(O)Cc2cnn(CC)c2)CC1. The summed E-state index contributed by atoms with van der Waals surface area (Å²) in [5.74, 6) is 1.42. The molecule has 1 aromatic heterocycles. The van der Waals surface area contributed by atoms with Crippen LogP contribution in [0, 0.1) is 11.8 Å². The maximum Gasteiger partial charge on any atom is 0.0609 e. The van der Waals surface area contributed by atoms with Gasteiger partial charge in [0.2, 0.25) is 0 Å². The first-order valence-corrected chi connectivity index (χ1v) is 8.42. The highest BCUT2D eigenvalue weighted by molar-refractivity contribution is 5.06. The largest absolute Gasteiger partial charge is 0.392 e. The predicted octanol–water partition coefficient (Wildman–Crippen LogP) is 3.80. The van der Waals surface area contributed by atoms with E-state index in [0.29, 0.717) is 5.92 Å². The fraction of sp³-hybridized carbons (Fsp3) is 0.824. The molecule has 0 saturated heterocycles. The Morgan fingerprint density at radius 1 is 1.30 bits per heavy atom. The van der Waals surface area contributed by atoms with Gasteiger partial charge in [0.1, 0.15) is 0 Å². The van der Waals surface area contributed by atoms with Crippen molar-refractivity contribution in [3.8, 4) is 0 Å². The molecule has 0 aliphatic heterocycles. The van der Waals surface area contributed by atoms with E-state index in [0.717, 1.165) is 18.9 Å². The molecule has 0 bridgehead atoms. The second-order valence-corrected chi connectivity index (χ2v) is 6.40. The molecule has 0 amide bonds. The third-order valence-corrected chi connectivity index (χ3v) is 4.86. The lowest BCUT2D eigenvalue weighted by atomic mass is 9.77. The zero-order chi connectivity index (χ0) is 14.4. The zero-order valence-corrected chi connectivity index (χ0v) is 13.1. The Hall–Kier alpha value is -0.830. The molecule has 1 unspecified atom stereocenters. The van der Waals surface area contributed by atoms with Crippen LogP contribution in [0.4, 0.5) is 0 Å². The van der Waals surface area contributed by atoms with E-state index in [2.05, 4.69) is 25.1 Å². The molecule has 114 valence electrons. The first-order valence-electron chi connectivity index (χ1n) is 8.42. The predicted molar refractivity (Wildman–Crippen MR) is 82.6 cm³/mol. The molecule has 1 aliphatic carbocycles. The minimum absolute atomic E-state index is 0.184. The molecule has 1 fully saturated rings. The van der Waals surface area contributed by atoms with Crippen LogP contribution in [0.3, 0.4) is 0 Å². The van der Waals surface area contributed by atoms with Crippen LogP contribution in [-0.2, 0) is 13.0 Å². The molecule has 0 aromatic carbocycles. The Balaban J connectivity index is 1.75. The number of aryl methyl sites for hydroxylation is 1. The van der Waals surface area contributed by atoms with E-state index in [-0.39, 0.29) is 6.10 Å². The van der Waals surface area contributed by atoms with Crippen molar-refractivity contribution in [3.05, 3.63) is 18.0 Å². The van der Waals surface area contributed by atoms with Gasteiger partial charge >= 0.3 is 0 Å². The van der Waals surface area contributed by atoms with Gasteiger partial charge in [0, 0.05) is 19.2 Å². The lowest BCUT2D eigenvalue weighted by Crippen LogP contribution is -2.27. The lowest BCUT2D eigenvalue weighted by molar-refractivity contribution is 0.0726. The van der Waals surface area contributed by atoms with E-state index in [1.807, 2.05) is 10.9 Å². The number of hydrogen-bond acceptors (Lipinski definition) is 2. The molecule has 3 nitrogen and oxygen atoms in total. The van der Waals surface area contributed by atoms with E-state index in [1.165, 1.54) is 50.5 Å². The molecular weight excluding hydrogens is 248 g/mol. The first kappa shape index (κ1) is 15.6. The van der Waals surface area contributed by atoms with Gasteiger partial charge in [-0.05, 0) is 37.2 Å². The minimum Gasteiger partial charge on any atom is -0.392 e. The van der Waals surface area contributed by atoms with Crippen LogP contribution in [0.2, 0.25) is 0 Å². The number of aliphatic hydroxyl groups is 1. The summed E-state index contributed by atoms with van der Waals surface area (Å²) < 4.78 is 1.93. The highest BCUT2D eigenvalue weighted by atomic mass is 16.3. The Morgan fingerprint density at radius 2 is 2.05 bits per heavy atom. The number of unbranched alkanes of at least 4 members (excludes halogenated alkanes) is 1. The number of rotatable bonds is 7. The summed E-state index contributed by atoms with van der Waals surface area (Å²) in [6.07, 6.45) is 13.7. The third-order valence-electron chi connectivity index (χ3n) is 4.86. The Kier molecular flexibility index (Phi) is 6.08. The highest BCUT2D eigenvalue weighted by Crippen LogP contribution is 2.34. The quantitative estimate of drug-likeness (QED) is 0.823. The third kappa shape index (κ3) is 4.34. The number of aromatic nitrogens is 2. The van der Waals surface area contributed by atoms with Gasteiger partial charge in [-0.2, -0.15) is 5.10 Å². The molecule has 0 radical (unpaired) electrons. The molecule has 1 aliphatic rings. The monoisotopic (exact) mass is 278 g/mol. The summed E-state index contributed by atoms with van der Waals surface area (Å²) in [5, 5.41) is 14.7. The second kappa shape index (κ2) is 7.82. The number of hydrogen-bond donors (Lipinski definition) is 1. The van der Waals surface area contributed by atoms with Crippen LogP contribution in [0.15, 0.2) is 12.4 Å². The van der Waals surface area contributed by atoms with Crippen LogP contribution in [0.1, 0.15) is 64.4 Å². The standard InChI is InChI=1S/C17H30N2O/c1-3-5-6-14-7-9-16(10-8-14)17(20)11-15-12-18-19(4-2)13-15/h12-14,16-17,20H,3-11H2,1-2H3. The number of nitrogens with zero attached hydrogens (tertiary/aromatic N) is 2. The van der Waals surface area contributed by atoms with Crippen molar-refractivity contribution < 1.29 is 5.11 Å². The van der Waals surface area contributed by atoms with Gasteiger partial charge in [0.25, 0.3) is 0 Å². The summed E-state index contributed by atoms with van der Waals surface area (Å²) in [5.41, 5.74) is 1.17. The Bertz CT molecular complexity index is 380. The Labute approximate surface area is 123 Å². The molecule has 1 N–H and O–H groups in total.